The van der Waals surface area contributed by atoms with Gasteiger partial charge in [-0.05, 0) is 12.5 Å². The minimum Gasteiger partial charge on any atom is -0.460 e. The van der Waals surface area contributed by atoms with Gasteiger partial charge < -0.3 is 9.83 Å². The maximum absolute atomic E-state index is 7.10. The van der Waals surface area contributed by atoms with Crippen molar-refractivity contribution in [2.24, 2.45) is 0 Å². The van der Waals surface area contributed by atoms with Gasteiger partial charge in [0.15, 0.2) is 0 Å². The molecule has 1 N–H and O–H groups in total. The van der Waals surface area contributed by atoms with E-state index in [1.165, 1.54) is 17.2 Å². The lowest BCUT2D eigenvalue weighted by Gasteiger charge is -1.94. The third kappa shape index (κ3) is 1.33. The second-order valence-electron chi connectivity index (χ2n) is 3.26. The molecule has 0 aliphatic rings. The molecule has 14 heavy (non-hydrogen) atoms. The molecular weight excluding hydrogens is 174 g/mol. The third-order valence-corrected chi connectivity index (χ3v) is 2.42. The lowest BCUT2D eigenvalue weighted by Crippen LogP contribution is -1.88. The molecule has 0 atom stereocenters. The van der Waals surface area contributed by atoms with Gasteiger partial charge in [-0.25, -0.2) is 0 Å². The lowest BCUT2D eigenvalue weighted by molar-refractivity contribution is 0.564. The van der Waals surface area contributed by atoms with Crippen molar-refractivity contribution < 1.29 is 4.42 Å². The second kappa shape index (κ2) is 3.66. The van der Waals surface area contributed by atoms with Crippen molar-refractivity contribution in [3.63, 3.8) is 0 Å². The van der Waals surface area contributed by atoms with Crippen molar-refractivity contribution in [3.8, 4) is 0 Å². The van der Waals surface area contributed by atoms with E-state index < -0.39 is 0 Å². The largest absolute Gasteiger partial charge is 0.460 e. The minimum atomic E-state index is 0.595. The molecule has 72 valence electrons. The smallest absolute Gasteiger partial charge is 0.134 e. The normalized spacial score (nSPS) is 10.6. The summed E-state index contributed by atoms with van der Waals surface area (Å²) < 4.78 is 5.68. The van der Waals surface area contributed by atoms with E-state index in [1.807, 2.05) is 18.2 Å². The molecule has 1 heterocycles. The predicted molar refractivity (Wildman–Crippen MR) is 58.1 cm³/mol. The molecule has 2 heteroatoms. The molecule has 0 saturated carbocycles. The molecule has 1 aromatic carbocycles. The monoisotopic (exact) mass is 187 g/mol. The van der Waals surface area contributed by atoms with E-state index >= 15 is 0 Å². The molecule has 0 aliphatic carbocycles. The van der Waals surface area contributed by atoms with Crippen LogP contribution in [0.2, 0.25) is 0 Å². The summed E-state index contributed by atoms with van der Waals surface area (Å²) in [6, 6.07) is 8.04. The van der Waals surface area contributed by atoms with Gasteiger partial charge in [-0.15, -0.1) is 0 Å². The van der Waals surface area contributed by atoms with Gasteiger partial charge in [0.2, 0.25) is 0 Å². The van der Waals surface area contributed by atoms with Gasteiger partial charge in [0.05, 0.1) is 0 Å². The van der Waals surface area contributed by atoms with Crippen LogP contribution in [0.4, 0.5) is 0 Å². The van der Waals surface area contributed by atoms with E-state index in [-0.39, 0.29) is 0 Å². The summed E-state index contributed by atoms with van der Waals surface area (Å²) in [5, 5.41) is 8.29. The summed E-state index contributed by atoms with van der Waals surface area (Å²) in [5.74, 6) is 0.934. The van der Waals surface area contributed by atoms with Crippen molar-refractivity contribution in [3.05, 3.63) is 35.6 Å². The molecule has 0 bridgehead atoms. The van der Waals surface area contributed by atoms with Crippen LogP contribution in [0.25, 0.3) is 11.0 Å². The topological polar surface area (TPSA) is 37.0 Å². The van der Waals surface area contributed by atoms with E-state index in [9.17, 15) is 0 Å². The van der Waals surface area contributed by atoms with Crippen LogP contribution < -0.4 is 0 Å². The van der Waals surface area contributed by atoms with Crippen LogP contribution in [0.5, 0.6) is 0 Å². The molecule has 0 amide bonds. The average molecular weight is 187 g/mol. The Balaban J connectivity index is 2.65. The van der Waals surface area contributed by atoms with Crippen LogP contribution in [0, 0.1) is 5.41 Å². The molecular formula is C12H13NO. The fourth-order valence-electron chi connectivity index (χ4n) is 1.79. The number of furan rings is 1. The standard InChI is InChI=1S/C12H13NO/c1-2-9-10-5-3-4-6-11(10)14-12(9)7-8-13/h3-6,8,13H,2,7H2,1H3. The first-order valence-corrected chi connectivity index (χ1v) is 4.85. The number of hydrogen-bond acceptors (Lipinski definition) is 2. The number of para-hydroxylation sites is 1. The number of fused-ring (bicyclic) bond motifs is 1. The highest BCUT2D eigenvalue weighted by molar-refractivity contribution is 5.83. The number of rotatable bonds is 3. The van der Waals surface area contributed by atoms with Gasteiger partial charge in [-0.1, -0.05) is 25.1 Å². The molecule has 0 unspecified atom stereocenters. The van der Waals surface area contributed by atoms with Crippen molar-refractivity contribution in [1.29, 1.82) is 5.41 Å². The van der Waals surface area contributed by atoms with Gasteiger partial charge in [-0.3, -0.25) is 0 Å². The molecule has 0 fully saturated rings. The number of benzene rings is 1. The SMILES string of the molecule is CCc1c(CC=N)oc2ccccc12. The molecule has 2 aromatic rings. The maximum atomic E-state index is 7.10. The molecule has 2 rings (SSSR count). The summed E-state index contributed by atoms with van der Waals surface area (Å²) in [4.78, 5) is 0. The van der Waals surface area contributed by atoms with Gasteiger partial charge in [0.25, 0.3) is 0 Å². The molecule has 1 aromatic heterocycles. The van der Waals surface area contributed by atoms with Crippen LogP contribution >= 0.6 is 0 Å². The van der Waals surface area contributed by atoms with Crippen LogP contribution in [-0.4, -0.2) is 6.21 Å². The number of nitrogens with one attached hydrogen (secondary N) is 1. The summed E-state index contributed by atoms with van der Waals surface area (Å²) >= 11 is 0. The Morgan fingerprint density at radius 2 is 2.14 bits per heavy atom. The summed E-state index contributed by atoms with van der Waals surface area (Å²) in [6.45, 7) is 2.12. The minimum absolute atomic E-state index is 0.595. The number of hydrogen-bond donors (Lipinski definition) is 1. The van der Waals surface area contributed by atoms with E-state index in [4.69, 9.17) is 9.83 Å². The zero-order valence-corrected chi connectivity index (χ0v) is 8.21. The fraction of sp³-hybridized carbons (Fsp3) is 0.250. The first-order valence-electron chi connectivity index (χ1n) is 4.85. The molecule has 0 spiro atoms. The average Bonchev–Trinajstić information content (AvgIpc) is 2.55. The quantitative estimate of drug-likeness (QED) is 0.736. The summed E-state index contributed by atoms with van der Waals surface area (Å²) in [6.07, 6.45) is 2.94. The Labute approximate surface area is 83.1 Å². The van der Waals surface area contributed by atoms with Crippen LogP contribution in [0.3, 0.4) is 0 Å². The van der Waals surface area contributed by atoms with Gasteiger partial charge in [-0.2, -0.15) is 0 Å². The van der Waals surface area contributed by atoms with Crippen molar-refractivity contribution in [1.82, 2.24) is 0 Å². The maximum Gasteiger partial charge on any atom is 0.134 e. The molecule has 0 saturated heterocycles. The van der Waals surface area contributed by atoms with E-state index in [0.717, 1.165) is 17.8 Å². The Hall–Kier alpha value is -1.57. The zero-order valence-electron chi connectivity index (χ0n) is 8.21. The van der Waals surface area contributed by atoms with Gasteiger partial charge in [0, 0.05) is 23.6 Å². The summed E-state index contributed by atoms with van der Waals surface area (Å²) in [7, 11) is 0. The highest BCUT2D eigenvalue weighted by atomic mass is 16.3. The highest BCUT2D eigenvalue weighted by Gasteiger charge is 2.10. The van der Waals surface area contributed by atoms with Gasteiger partial charge >= 0.3 is 0 Å². The first kappa shape index (κ1) is 9.00. The second-order valence-corrected chi connectivity index (χ2v) is 3.26. The Kier molecular flexibility index (Phi) is 2.35. The Bertz CT molecular complexity index is 456. The predicted octanol–water partition coefficient (Wildman–Crippen LogP) is 3.19. The van der Waals surface area contributed by atoms with Crippen LogP contribution in [0.1, 0.15) is 18.2 Å². The van der Waals surface area contributed by atoms with Crippen molar-refractivity contribution >= 4 is 17.2 Å². The number of aryl methyl sites for hydroxylation is 1. The van der Waals surface area contributed by atoms with Gasteiger partial charge in [0.1, 0.15) is 11.3 Å². The zero-order chi connectivity index (χ0) is 9.97. The molecule has 2 nitrogen and oxygen atoms in total. The lowest BCUT2D eigenvalue weighted by atomic mass is 10.1. The highest BCUT2D eigenvalue weighted by Crippen LogP contribution is 2.26. The van der Waals surface area contributed by atoms with E-state index in [2.05, 4.69) is 13.0 Å². The van der Waals surface area contributed by atoms with Crippen LogP contribution in [-0.2, 0) is 12.8 Å². The summed E-state index contributed by atoms with van der Waals surface area (Å²) in [5.41, 5.74) is 2.17. The van der Waals surface area contributed by atoms with E-state index in [1.54, 1.807) is 0 Å². The van der Waals surface area contributed by atoms with Crippen LogP contribution in [0.15, 0.2) is 28.7 Å². The van der Waals surface area contributed by atoms with E-state index in [0.29, 0.717) is 6.42 Å². The third-order valence-electron chi connectivity index (χ3n) is 2.42. The molecule has 0 aliphatic heterocycles. The molecule has 0 radical (unpaired) electrons. The fourth-order valence-corrected chi connectivity index (χ4v) is 1.79. The van der Waals surface area contributed by atoms with Crippen molar-refractivity contribution in [2.75, 3.05) is 0 Å². The Morgan fingerprint density at radius 3 is 2.86 bits per heavy atom. The Morgan fingerprint density at radius 1 is 1.36 bits per heavy atom. The first-order chi connectivity index (χ1) is 6.86. The van der Waals surface area contributed by atoms with Crippen molar-refractivity contribution in [2.45, 2.75) is 19.8 Å².